The van der Waals surface area contributed by atoms with Crippen LogP contribution in [0.5, 0.6) is 0 Å². The first-order valence-electron chi connectivity index (χ1n) is 34.5. The number of hydrogen-bond acceptors (Lipinski definition) is 14. The fourth-order valence-corrected chi connectivity index (χ4v) is 10.6. The van der Waals surface area contributed by atoms with Gasteiger partial charge in [0.15, 0.2) is 6.10 Å². The number of hydrogen-bond donors (Lipinski definition) is 4. The van der Waals surface area contributed by atoms with E-state index in [1.165, 1.54) is 70.6 Å². The normalized spacial score (nSPS) is 14.8. The van der Waals surface area contributed by atoms with Gasteiger partial charge in [0.25, 0.3) is 0 Å². The lowest BCUT2D eigenvalue weighted by Gasteiger charge is -2.21. The molecule has 5 unspecified atom stereocenters. The summed E-state index contributed by atoms with van der Waals surface area (Å²) in [5.74, 6) is -1.60. The number of carbonyl (C=O) groups excluding carboxylic acids is 3. The number of carbonyl (C=O) groups is 3. The maximum Gasteiger partial charge on any atom is 0.472 e. The minimum atomic E-state index is -4.92. The molecule has 0 aromatic carbocycles. The first-order chi connectivity index (χ1) is 43.2. The number of unbranched alkanes of at least 4 members (excludes halogenated alkanes) is 26. The maximum atomic E-state index is 12.9. The van der Waals surface area contributed by atoms with Crippen LogP contribution in [0.2, 0.25) is 0 Å². The fraction of sp³-hybridized carbons (Fsp3) is 0.732. The van der Waals surface area contributed by atoms with Gasteiger partial charge in [0.2, 0.25) is 0 Å². The summed E-state index contributed by atoms with van der Waals surface area (Å²) < 4.78 is 60.8. The minimum Gasteiger partial charge on any atom is -0.463 e. The van der Waals surface area contributed by atoms with Gasteiger partial charge in [-0.1, -0.05) is 234 Å². The zero-order valence-electron chi connectivity index (χ0n) is 55.6. The van der Waals surface area contributed by atoms with Crippen molar-refractivity contribution in [2.75, 3.05) is 39.6 Å². The molecule has 0 aromatic rings. The number of allylic oxidation sites excluding steroid dienone is 16. The average molecular weight is 1300 g/mol. The van der Waals surface area contributed by atoms with Crippen LogP contribution in [0.15, 0.2) is 97.2 Å². The minimum absolute atomic E-state index is 0.0917. The smallest absolute Gasteiger partial charge is 0.463 e. The molecule has 0 fully saturated rings. The predicted molar refractivity (Wildman–Crippen MR) is 362 cm³/mol. The van der Waals surface area contributed by atoms with E-state index in [1.807, 2.05) is 0 Å². The average Bonchev–Trinajstić information content (AvgIpc) is 3.70. The standard InChI is InChI=1S/C71H124O16P2/c1-4-7-10-13-16-19-22-25-27-28-29-30-31-32-33-34-35-36-38-41-42-45-48-51-54-57-69(74)81-60-66(72)61-83-88(77,78)84-62-67(73)63-85-89(79,80)86-65-68(87-71(76)59-56-53-50-47-44-39-24-21-18-15-12-9-6-3)64-82-70(75)58-55-52-49-46-43-40-37-26-23-20-17-14-11-8-5-2/h7,10,16-17,19-21,24-27,29-30,32-33,37,66-68,72-73H,4-6,8-9,11-15,18,22-23,28,31,34-36,38-65H2,1-3H3,(H,77,78)(H,79,80)/b10-7-,19-16-,20-17-,24-21-,27-25-,30-29-,33-32-,37-26-. The summed E-state index contributed by atoms with van der Waals surface area (Å²) in [5.41, 5.74) is 0. The molecule has 0 saturated heterocycles. The zero-order chi connectivity index (χ0) is 65.3. The molecular formula is C71H124O16P2. The second kappa shape index (κ2) is 64.6. The van der Waals surface area contributed by atoms with Crippen molar-refractivity contribution in [2.45, 2.75) is 296 Å². The van der Waals surface area contributed by atoms with E-state index in [1.54, 1.807) is 0 Å². The van der Waals surface area contributed by atoms with Crippen LogP contribution in [0.25, 0.3) is 0 Å². The van der Waals surface area contributed by atoms with E-state index >= 15 is 0 Å². The number of aliphatic hydroxyl groups excluding tert-OH is 2. The summed E-state index contributed by atoms with van der Waals surface area (Å²) in [6.07, 6.45) is 70.3. The Bertz CT molecular complexity index is 2010. The Morgan fingerprint density at radius 3 is 0.978 bits per heavy atom. The van der Waals surface area contributed by atoms with Crippen molar-refractivity contribution in [2.24, 2.45) is 0 Å². The topological polar surface area (TPSA) is 231 Å². The number of ether oxygens (including phenoxy) is 3. The molecule has 16 nitrogen and oxygen atoms in total. The second-order valence-corrected chi connectivity index (χ2v) is 25.8. The second-order valence-electron chi connectivity index (χ2n) is 22.9. The van der Waals surface area contributed by atoms with Crippen LogP contribution in [-0.2, 0) is 55.8 Å². The molecule has 4 N–H and O–H groups in total. The van der Waals surface area contributed by atoms with Gasteiger partial charge in [-0.05, 0) is 122 Å². The van der Waals surface area contributed by atoms with Crippen LogP contribution in [0.1, 0.15) is 278 Å². The van der Waals surface area contributed by atoms with Crippen LogP contribution >= 0.6 is 15.6 Å². The molecular weight excluding hydrogens is 1170 g/mol. The molecule has 0 aromatic heterocycles. The summed E-state index contributed by atoms with van der Waals surface area (Å²) in [4.78, 5) is 58.3. The summed E-state index contributed by atoms with van der Waals surface area (Å²) in [6, 6.07) is 0. The quantitative estimate of drug-likeness (QED) is 0.0146. The zero-order valence-corrected chi connectivity index (χ0v) is 57.4. The highest BCUT2D eigenvalue weighted by atomic mass is 31.2. The highest BCUT2D eigenvalue weighted by Gasteiger charge is 2.29. The molecule has 0 bridgehead atoms. The highest BCUT2D eigenvalue weighted by molar-refractivity contribution is 7.47. The van der Waals surface area contributed by atoms with Gasteiger partial charge < -0.3 is 34.2 Å². The van der Waals surface area contributed by atoms with Crippen molar-refractivity contribution in [3.05, 3.63) is 97.2 Å². The Labute approximate surface area is 539 Å². The Morgan fingerprint density at radius 2 is 0.596 bits per heavy atom. The van der Waals surface area contributed by atoms with E-state index < -0.39 is 91.5 Å². The Morgan fingerprint density at radius 1 is 0.326 bits per heavy atom. The third-order valence-corrected chi connectivity index (χ3v) is 16.2. The SMILES string of the molecule is CC/C=C\C/C=C\C/C=C\C/C=C\C/C=C\CCCCCCCCCCCC(=O)OCC(O)COP(=O)(O)OCC(O)COP(=O)(O)OCC(COC(=O)CCCCCCC/C=C\C/C=C\CCCCC)OC(=O)CCCCCCC/C=C\CCCCCC. The Balaban J connectivity index is 4.54. The highest BCUT2D eigenvalue weighted by Crippen LogP contribution is 2.45. The molecule has 0 heterocycles. The van der Waals surface area contributed by atoms with Crippen molar-refractivity contribution in [1.82, 2.24) is 0 Å². The third-order valence-electron chi connectivity index (χ3n) is 14.3. The summed E-state index contributed by atoms with van der Waals surface area (Å²) in [7, 11) is -9.78. The first-order valence-corrected chi connectivity index (χ1v) is 37.5. The molecule has 0 saturated carbocycles. The lowest BCUT2D eigenvalue weighted by Crippen LogP contribution is -2.30. The number of phosphoric acid groups is 2. The van der Waals surface area contributed by atoms with Gasteiger partial charge in [-0.2, -0.15) is 0 Å². The summed E-state index contributed by atoms with van der Waals surface area (Å²) in [5, 5.41) is 20.5. The van der Waals surface area contributed by atoms with Gasteiger partial charge in [0.1, 0.15) is 25.4 Å². The lowest BCUT2D eigenvalue weighted by atomic mass is 10.1. The van der Waals surface area contributed by atoms with Crippen molar-refractivity contribution >= 4 is 33.6 Å². The van der Waals surface area contributed by atoms with E-state index in [4.69, 9.17) is 32.3 Å². The molecule has 18 heteroatoms. The van der Waals surface area contributed by atoms with Crippen LogP contribution < -0.4 is 0 Å². The van der Waals surface area contributed by atoms with Crippen molar-refractivity contribution in [1.29, 1.82) is 0 Å². The Kier molecular flexibility index (Phi) is 62.0. The van der Waals surface area contributed by atoms with E-state index in [9.17, 15) is 43.5 Å². The molecule has 514 valence electrons. The van der Waals surface area contributed by atoms with E-state index in [0.29, 0.717) is 19.3 Å². The number of aliphatic hydroxyl groups is 2. The molecule has 5 atom stereocenters. The molecule has 0 radical (unpaired) electrons. The largest absolute Gasteiger partial charge is 0.472 e. The van der Waals surface area contributed by atoms with Crippen molar-refractivity contribution in [3.8, 4) is 0 Å². The summed E-state index contributed by atoms with van der Waals surface area (Å²) in [6.45, 7) is 2.48. The molecule has 0 aliphatic carbocycles. The fourth-order valence-electron chi connectivity index (χ4n) is 8.97. The molecule has 0 spiro atoms. The van der Waals surface area contributed by atoms with Gasteiger partial charge in [-0.15, -0.1) is 0 Å². The number of phosphoric ester groups is 2. The predicted octanol–water partition coefficient (Wildman–Crippen LogP) is 19.1. The van der Waals surface area contributed by atoms with E-state index in [2.05, 4.69) is 118 Å². The van der Waals surface area contributed by atoms with Crippen molar-refractivity contribution in [3.63, 3.8) is 0 Å². The lowest BCUT2D eigenvalue weighted by molar-refractivity contribution is -0.161. The Hall–Kier alpha value is -3.53. The monoisotopic (exact) mass is 1290 g/mol. The van der Waals surface area contributed by atoms with Crippen molar-refractivity contribution < 1.29 is 75.8 Å². The number of esters is 3. The number of rotatable bonds is 65. The maximum absolute atomic E-state index is 12.9. The molecule has 0 aliphatic heterocycles. The molecule has 0 amide bonds. The van der Waals surface area contributed by atoms with Crippen LogP contribution in [0.4, 0.5) is 0 Å². The van der Waals surface area contributed by atoms with Gasteiger partial charge in [-0.25, -0.2) is 9.13 Å². The van der Waals surface area contributed by atoms with Gasteiger partial charge in [0, 0.05) is 19.3 Å². The van der Waals surface area contributed by atoms with Crippen LogP contribution in [-0.4, -0.2) is 95.9 Å². The third kappa shape index (κ3) is 65.8. The van der Waals surface area contributed by atoms with Gasteiger partial charge >= 0.3 is 33.6 Å². The van der Waals surface area contributed by atoms with Gasteiger partial charge in [-0.3, -0.25) is 32.5 Å². The summed E-state index contributed by atoms with van der Waals surface area (Å²) >= 11 is 0. The van der Waals surface area contributed by atoms with Crippen LogP contribution in [0, 0.1) is 0 Å². The van der Waals surface area contributed by atoms with Crippen LogP contribution in [0.3, 0.4) is 0 Å². The molecule has 0 aliphatic rings. The van der Waals surface area contributed by atoms with Gasteiger partial charge in [0.05, 0.1) is 26.4 Å². The van der Waals surface area contributed by atoms with E-state index in [0.717, 1.165) is 148 Å². The molecule has 0 rings (SSSR count). The van der Waals surface area contributed by atoms with E-state index in [-0.39, 0.29) is 19.3 Å². The first kappa shape index (κ1) is 85.5. The molecule has 89 heavy (non-hydrogen) atoms.